The molecule has 0 saturated carbocycles. The number of pyridine rings is 1. The summed E-state index contributed by atoms with van der Waals surface area (Å²) in [7, 11) is 0. The number of aromatic nitrogens is 3. The Morgan fingerprint density at radius 2 is 2.47 bits per heavy atom. The monoisotopic (exact) mass is 219 g/mol. The number of rotatable bonds is 3. The fraction of sp³-hybridized carbons (Fsp3) is 0.273. The summed E-state index contributed by atoms with van der Waals surface area (Å²) in [6.07, 6.45) is 4.64. The highest BCUT2D eigenvalue weighted by atomic mass is 32.1. The Morgan fingerprint density at radius 1 is 1.67 bits per heavy atom. The molecule has 0 aliphatic rings. The third-order valence-corrected chi connectivity index (χ3v) is 2.63. The molecule has 0 bridgehead atoms. The average molecular weight is 219 g/mol. The Kier molecular flexibility index (Phi) is 2.68. The minimum atomic E-state index is 0.727. The molecular weight excluding hydrogens is 206 g/mol. The van der Waals surface area contributed by atoms with E-state index in [4.69, 9.17) is 12.2 Å². The van der Waals surface area contributed by atoms with Crippen LogP contribution in [-0.4, -0.2) is 14.5 Å². The minimum Gasteiger partial charge on any atom is -0.329 e. The smallest absolute Gasteiger partial charge is 0.179 e. The minimum absolute atomic E-state index is 0.727. The molecule has 2 aromatic rings. The van der Waals surface area contributed by atoms with Gasteiger partial charge in [0, 0.05) is 12.7 Å². The lowest BCUT2D eigenvalue weighted by atomic mass is 10.3. The summed E-state index contributed by atoms with van der Waals surface area (Å²) in [6, 6.07) is 2.06. The number of imidazole rings is 1. The fourth-order valence-corrected chi connectivity index (χ4v) is 1.86. The van der Waals surface area contributed by atoms with E-state index in [1.54, 1.807) is 0 Å². The number of H-pyrrole nitrogens is 1. The van der Waals surface area contributed by atoms with Crippen molar-refractivity contribution in [3.63, 3.8) is 0 Å². The standard InChI is InChI=1S/C11H13N3S/c1-3-4-5-14-10-9(13-11(14)15)6-8(2)7-12-10/h3,6-7H,1,4-5H2,2H3,(H,13,15). The molecule has 0 aliphatic heterocycles. The molecule has 0 fully saturated rings. The van der Waals surface area contributed by atoms with Crippen LogP contribution in [-0.2, 0) is 6.54 Å². The van der Waals surface area contributed by atoms with Gasteiger partial charge in [0.15, 0.2) is 10.4 Å². The molecule has 0 unspecified atom stereocenters. The first kappa shape index (κ1) is 10.1. The molecule has 2 heterocycles. The molecule has 0 atom stereocenters. The molecule has 1 N–H and O–H groups in total. The second kappa shape index (κ2) is 3.98. The number of fused-ring (bicyclic) bond motifs is 1. The fourth-order valence-electron chi connectivity index (χ4n) is 1.58. The van der Waals surface area contributed by atoms with E-state index in [1.165, 1.54) is 0 Å². The van der Waals surface area contributed by atoms with Crippen molar-refractivity contribution in [3.8, 4) is 0 Å². The Hall–Kier alpha value is -1.42. The van der Waals surface area contributed by atoms with Crippen LogP contribution in [0.2, 0.25) is 0 Å². The Bertz CT molecular complexity index is 550. The molecule has 3 nitrogen and oxygen atoms in total. The van der Waals surface area contributed by atoms with E-state index < -0.39 is 0 Å². The molecule has 78 valence electrons. The average Bonchev–Trinajstić information content (AvgIpc) is 2.50. The molecule has 0 radical (unpaired) electrons. The SMILES string of the molecule is C=CCCn1c(=S)[nH]c2cc(C)cnc21. The van der Waals surface area contributed by atoms with Crippen LogP contribution in [0.4, 0.5) is 0 Å². The van der Waals surface area contributed by atoms with Crippen LogP contribution < -0.4 is 0 Å². The molecule has 2 rings (SSSR count). The van der Waals surface area contributed by atoms with Gasteiger partial charge in [0.1, 0.15) is 0 Å². The predicted octanol–water partition coefficient (Wildman–Crippen LogP) is 2.98. The van der Waals surface area contributed by atoms with E-state index in [2.05, 4.69) is 22.6 Å². The van der Waals surface area contributed by atoms with Crippen molar-refractivity contribution in [2.75, 3.05) is 0 Å². The molecule has 0 saturated heterocycles. The van der Waals surface area contributed by atoms with E-state index in [-0.39, 0.29) is 0 Å². The third-order valence-electron chi connectivity index (χ3n) is 2.30. The van der Waals surface area contributed by atoms with Crippen molar-refractivity contribution in [2.45, 2.75) is 19.9 Å². The zero-order chi connectivity index (χ0) is 10.8. The number of allylic oxidation sites excluding steroid dienone is 1. The second-order valence-corrected chi connectivity index (χ2v) is 3.93. The Morgan fingerprint density at radius 3 is 3.20 bits per heavy atom. The first-order chi connectivity index (χ1) is 7.22. The van der Waals surface area contributed by atoms with E-state index in [1.807, 2.05) is 23.8 Å². The molecule has 2 aromatic heterocycles. The predicted molar refractivity (Wildman–Crippen MR) is 64.5 cm³/mol. The maximum Gasteiger partial charge on any atom is 0.179 e. The first-order valence-corrected chi connectivity index (χ1v) is 5.29. The van der Waals surface area contributed by atoms with Crippen LogP contribution in [0.5, 0.6) is 0 Å². The zero-order valence-corrected chi connectivity index (χ0v) is 9.47. The van der Waals surface area contributed by atoms with Crippen molar-refractivity contribution in [1.29, 1.82) is 0 Å². The first-order valence-electron chi connectivity index (χ1n) is 4.88. The summed E-state index contributed by atoms with van der Waals surface area (Å²) < 4.78 is 2.73. The molecule has 0 aliphatic carbocycles. The van der Waals surface area contributed by atoms with Gasteiger partial charge in [-0.05, 0) is 37.2 Å². The lowest BCUT2D eigenvalue weighted by Gasteiger charge is -2.00. The number of aromatic amines is 1. The van der Waals surface area contributed by atoms with Crippen LogP contribution in [0.25, 0.3) is 11.2 Å². The number of nitrogens with zero attached hydrogens (tertiary/aromatic N) is 2. The van der Waals surface area contributed by atoms with Gasteiger partial charge in [0.2, 0.25) is 0 Å². The van der Waals surface area contributed by atoms with Crippen LogP contribution >= 0.6 is 12.2 Å². The normalized spacial score (nSPS) is 10.7. The van der Waals surface area contributed by atoms with Gasteiger partial charge in [-0.2, -0.15) is 0 Å². The van der Waals surface area contributed by atoms with Crippen molar-refractivity contribution in [1.82, 2.24) is 14.5 Å². The highest BCUT2D eigenvalue weighted by molar-refractivity contribution is 7.71. The number of aryl methyl sites for hydroxylation is 2. The highest BCUT2D eigenvalue weighted by Gasteiger charge is 2.04. The zero-order valence-electron chi connectivity index (χ0n) is 8.66. The van der Waals surface area contributed by atoms with Gasteiger partial charge < -0.3 is 9.55 Å². The van der Waals surface area contributed by atoms with E-state index >= 15 is 0 Å². The van der Waals surface area contributed by atoms with Crippen LogP contribution in [0, 0.1) is 11.7 Å². The maximum atomic E-state index is 5.24. The Balaban J connectivity index is 2.58. The third kappa shape index (κ3) is 1.85. The largest absolute Gasteiger partial charge is 0.329 e. The van der Waals surface area contributed by atoms with Crippen LogP contribution in [0.3, 0.4) is 0 Å². The molecule has 0 spiro atoms. The summed E-state index contributed by atoms with van der Waals surface area (Å²) in [5.41, 5.74) is 3.06. The van der Waals surface area contributed by atoms with Gasteiger partial charge in [-0.1, -0.05) is 6.08 Å². The summed E-state index contributed by atoms with van der Waals surface area (Å²) in [6.45, 7) is 6.56. The Labute approximate surface area is 93.5 Å². The van der Waals surface area contributed by atoms with E-state index in [0.717, 1.165) is 34.5 Å². The topological polar surface area (TPSA) is 33.6 Å². The number of hydrogen-bond donors (Lipinski definition) is 1. The summed E-state index contributed by atoms with van der Waals surface area (Å²) in [5, 5.41) is 0. The lowest BCUT2D eigenvalue weighted by Crippen LogP contribution is -1.97. The number of nitrogens with one attached hydrogen (secondary N) is 1. The van der Waals surface area contributed by atoms with Crippen molar-refractivity contribution in [2.24, 2.45) is 0 Å². The molecule has 4 heteroatoms. The van der Waals surface area contributed by atoms with Crippen molar-refractivity contribution >= 4 is 23.4 Å². The van der Waals surface area contributed by atoms with Gasteiger partial charge in [-0.15, -0.1) is 6.58 Å². The second-order valence-electron chi connectivity index (χ2n) is 3.54. The lowest BCUT2D eigenvalue weighted by molar-refractivity contribution is 0.714. The summed E-state index contributed by atoms with van der Waals surface area (Å²) in [5.74, 6) is 0. The van der Waals surface area contributed by atoms with Crippen molar-refractivity contribution in [3.05, 3.63) is 35.3 Å². The van der Waals surface area contributed by atoms with Gasteiger partial charge in [-0.25, -0.2) is 4.98 Å². The van der Waals surface area contributed by atoms with Crippen molar-refractivity contribution < 1.29 is 0 Å². The maximum absolute atomic E-state index is 5.24. The van der Waals surface area contributed by atoms with E-state index in [9.17, 15) is 0 Å². The quantitative estimate of drug-likeness (QED) is 0.636. The summed E-state index contributed by atoms with van der Waals surface area (Å²) >= 11 is 5.24. The van der Waals surface area contributed by atoms with Crippen LogP contribution in [0.15, 0.2) is 24.9 Å². The van der Waals surface area contributed by atoms with E-state index in [0.29, 0.717) is 0 Å². The molecule has 0 amide bonds. The molecule has 15 heavy (non-hydrogen) atoms. The summed E-state index contributed by atoms with van der Waals surface area (Å²) in [4.78, 5) is 7.54. The van der Waals surface area contributed by atoms with Gasteiger partial charge >= 0.3 is 0 Å². The van der Waals surface area contributed by atoms with Gasteiger partial charge in [-0.3, -0.25) is 0 Å². The van der Waals surface area contributed by atoms with Gasteiger partial charge in [0.25, 0.3) is 0 Å². The molecule has 0 aromatic carbocycles. The highest BCUT2D eigenvalue weighted by Crippen LogP contribution is 2.13. The number of hydrogen-bond acceptors (Lipinski definition) is 2. The van der Waals surface area contributed by atoms with Crippen LogP contribution in [0.1, 0.15) is 12.0 Å². The van der Waals surface area contributed by atoms with Gasteiger partial charge in [0.05, 0.1) is 5.52 Å². The molecular formula is C11H13N3S.